The maximum absolute atomic E-state index is 9.27. The van der Waals surface area contributed by atoms with Crippen molar-refractivity contribution in [1.82, 2.24) is 9.78 Å². The lowest BCUT2D eigenvalue weighted by Crippen LogP contribution is -1.98. The maximum atomic E-state index is 9.27. The Balaban J connectivity index is 2.10. The highest BCUT2D eigenvalue weighted by Gasteiger charge is 2.10. The van der Waals surface area contributed by atoms with Crippen molar-refractivity contribution < 1.29 is 0 Å². The third-order valence-electron chi connectivity index (χ3n) is 3.17. The second kappa shape index (κ2) is 5.02. The average Bonchev–Trinajstić information content (AvgIpc) is 2.93. The van der Waals surface area contributed by atoms with Crippen LogP contribution in [0.15, 0.2) is 60.7 Å². The van der Waals surface area contributed by atoms with Gasteiger partial charge in [-0.3, -0.25) is 0 Å². The number of benzene rings is 2. The van der Waals surface area contributed by atoms with Crippen LogP contribution in [0.2, 0.25) is 0 Å². The topological polar surface area (TPSA) is 41.6 Å². The maximum Gasteiger partial charge on any atom is 0.144 e. The van der Waals surface area contributed by atoms with Gasteiger partial charge in [-0.15, -0.1) is 0 Å². The van der Waals surface area contributed by atoms with Gasteiger partial charge in [0, 0.05) is 11.6 Å². The number of nitrogens with zero attached hydrogens (tertiary/aromatic N) is 3. The van der Waals surface area contributed by atoms with Crippen LogP contribution in [0, 0.1) is 18.3 Å². The Morgan fingerprint density at radius 1 is 1.00 bits per heavy atom. The zero-order chi connectivity index (χ0) is 13.9. The second-order valence-corrected chi connectivity index (χ2v) is 4.64. The molecule has 0 radical (unpaired) electrons. The highest BCUT2D eigenvalue weighted by molar-refractivity contribution is 5.61. The van der Waals surface area contributed by atoms with Crippen LogP contribution in [0.25, 0.3) is 16.9 Å². The SMILES string of the molecule is Cc1ccc(-c2cc(C#N)n(-c3ccccc3)n2)cc1. The Morgan fingerprint density at radius 2 is 1.70 bits per heavy atom. The minimum absolute atomic E-state index is 0.534. The zero-order valence-corrected chi connectivity index (χ0v) is 11.1. The summed E-state index contributed by atoms with van der Waals surface area (Å²) in [7, 11) is 0. The summed E-state index contributed by atoms with van der Waals surface area (Å²) in [5.41, 5.74) is 4.46. The standard InChI is InChI=1S/C17H13N3/c1-13-7-9-14(10-8-13)17-11-16(12-18)20(19-17)15-5-3-2-4-6-15/h2-11H,1H3. The number of aryl methyl sites for hydroxylation is 1. The van der Waals surface area contributed by atoms with Crippen molar-refractivity contribution in [2.75, 3.05) is 0 Å². The molecule has 0 saturated heterocycles. The lowest BCUT2D eigenvalue weighted by Gasteiger charge is -2.01. The predicted molar refractivity (Wildman–Crippen MR) is 78.5 cm³/mol. The molecule has 0 N–H and O–H groups in total. The van der Waals surface area contributed by atoms with Gasteiger partial charge in [-0.25, -0.2) is 4.68 Å². The normalized spacial score (nSPS) is 10.2. The van der Waals surface area contributed by atoms with Crippen molar-refractivity contribution in [3.8, 4) is 23.0 Å². The molecule has 3 rings (SSSR count). The van der Waals surface area contributed by atoms with Gasteiger partial charge < -0.3 is 0 Å². The Kier molecular flexibility index (Phi) is 3.06. The van der Waals surface area contributed by atoms with E-state index in [9.17, 15) is 5.26 Å². The van der Waals surface area contributed by atoms with E-state index in [1.807, 2.05) is 67.6 Å². The first-order valence-corrected chi connectivity index (χ1v) is 6.40. The molecule has 3 heteroatoms. The zero-order valence-electron chi connectivity index (χ0n) is 11.1. The minimum atomic E-state index is 0.534. The van der Waals surface area contributed by atoms with Crippen LogP contribution in [-0.2, 0) is 0 Å². The van der Waals surface area contributed by atoms with Gasteiger partial charge in [0.2, 0.25) is 0 Å². The van der Waals surface area contributed by atoms with Crippen molar-refractivity contribution in [2.24, 2.45) is 0 Å². The molecular weight excluding hydrogens is 246 g/mol. The molecule has 0 aliphatic rings. The molecule has 0 atom stereocenters. The Bertz CT molecular complexity index is 762. The molecule has 96 valence electrons. The van der Waals surface area contributed by atoms with Crippen molar-refractivity contribution in [3.05, 3.63) is 71.9 Å². The summed E-state index contributed by atoms with van der Waals surface area (Å²) in [6.07, 6.45) is 0. The van der Waals surface area contributed by atoms with Gasteiger partial charge in [0.15, 0.2) is 0 Å². The Morgan fingerprint density at radius 3 is 2.35 bits per heavy atom. The molecule has 0 aliphatic carbocycles. The van der Waals surface area contributed by atoms with E-state index in [0.717, 1.165) is 16.9 Å². The molecule has 0 amide bonds. The van der Waals surface area contributed by atoms with Crippen molar-refractivity contribution >= 4 is 0 Å². The molecule has 0 aliphatic heterocycles. The van der Waals surface area contributed by atoms with Crippen molar-refractivity contribution in [1.29, 1.82) is 5.26 Å². The summed E-state index contributed by atoms with van der Waals surface area (Å²) in [4.78, 5) is 0. The first-order chi connectivity index (χ1) is 9.78. The molecule has 0 fully saturated rings. The van der Waals surface area contributed by atoms with Crippen LogP contribution in [0.4, 0.5) is 0 Å². The summed E-state index contributed by atoms with van der Waals surface area (Å²) in [6.45, 7) is 2.05. The van der Waals surface area contributed by atoms with Crippen LogP contribution in [0.3, 0.4) is 0 Å². The van der Waals surface area contributed by atoms with Crippen LogP contribution in [0.5, 0.6) is 0 Å². The summed E-state index contributed by atoms with van der Waals surface area (Å²) < 4.78 is 1.68. The molecule has 20 heavy (non-hydrogen) atoms. The van der Waals surface area contributed by atoms with E-state index in [1.54, 1.807) is 4.68 Å². The number of hydrogen-bond acceptors (Lipinski definition) is 2. The number of nitriles is 1. The molecular formula is C17H13N3. The van der Waals surface area contributed by atoms with E-state index in [0.29, 0.717) is 5.69 Å². The summed E-state index contributed by atoms with van der Waals surface area (Å²) >= 11 is 0. The third kappa shape index (κ3) is 2.19. The van der Waals surface area contributed by atoms with Crippen LogP contribution >= 0.6 is 0 Å². The van der Waals surface area contributed by atoms with Gasteiger partial charge in [0.1, 0.15) is 11.8 Å². The number of aromatic nitrogens is 2. The van der Waals surface area contributed by atoms with E-state index in [4.69, 9.17) is 0 Å². The summed E-state index contributed by atoms with van der Waals surface area (Å²) in [5, 5.41) is 13.8. The quantitative estimate of drug-likeness (QED) is 0.703. The van der Waals surface area contributed by atoms with E-state index in [-0.39, 0.29) is 0 Å². The molecule has 1 aromatic heterocycles. The fourth-order valence-corrected chi connectivity index (χ4v) is 2.09. The predicted octanol–water partition coefficient (Wildman–Crippen LogP) is 3.72. The van der Waals surface area contributed by atoms with Gasteiger partial charge in [-0.1, -0.05) is 48.0 Å². The molecule has 0 saturated carbocycles. The molecule has 2 aromatic carbocycles. The number of rotatable bonds is 2. The molecule has 3 nitrogen and oxygen atoms in total. The van der Waals surface area contributed by atoms with Crippen molar-refractivity contribution in [2.45, 2.75) is 6.92 Å². The van der Waals surface area contributed by atoms with Gasteiger partial charge in [-0.2, -0.15) is 10.4 Å². The van der Waals surface area contributed by atoms with Crippen molar-refractivity contribution in [3.63, 3.8) is 0 Å². The van der Waals surface area contributed by atoms with Gasteiger partial charge in [0.25, 0.3) is 0 Å². The van der Waals surface area contributed by atoms with Gasteiger partial charge in [-0.05, 0) is 19.1 Å². The van der Waals surface area contributed by atoms with E-state index >= 15 is 0 Å². The molecule has 0 bridgehead atoms. The molecule has 0 spiro atoms. The van der Waals surface area contributed by atoms with E-state index in [1.165, 1.54) is 5.56 Å². The monoisotopic (exact) mass is 259 g/mol. The fraction of sp³-hybridized carbons (Fsp3) is 0.0588. The molecule has 0 unspecified atom stereocenters. The first-order valence-electron chi connectivity index (χ1n) is 6.40. The van der Waals surface area contributed by atoms with Gasteiger partial charge >= 0.3 is 0 Å². The number of hydrogen-bond donors (Lipinski definition) is 0. The van der Waals surface area contributed by atoms with Gasteiger partial charge in [0.05, 0.1) is 11.4 Å². The average molecular weight is 259 g/mol. The lowest BCUT2D eigenvalue weighted by molar-refractivity contribution is 0.870. The third-order valence-corrected chi connectivity index (χ3v) is 3.17. The van der Waals surface area contributed by atoms with Crippen LogP contribution in [-0.4, -0.2) is 9.78 Å². The summed E-state index contributed by atoms with van der Waals surface area (Å²) in [6, 6.07) is 21.8. The lowest BCUT2D eigenvalue weighted by atomic mass is 10.1. The largest absolute Gasteiger partial charge is 0.222 e. The highest BCUT2D eigenvalue weighted by atomic mass is 15.3. The van der Waals surface area contributed by atoms with Crippen LogP contribution < -0.4 is 0 Å². The first kappa shape index (κ1) is 12.2. The fourth-order valence-electron chi connectivity index (χ4n) is 2.09. The highest BCUT2D eigenvalue weighted by Crippen LogP contribution is 2.21. The second-order valence-electron chi connectivity index (χ2n) is 4.64. The Hall–Kier alpha value is -2.86. The number of para-hydroxylation sites is 1. The van der Waals surface area contributed by atoms with Crippen LogP contribution in [0.1, 0.15) is 11.3 Å². The van der Waals surface area contributed by atoms with E-state index < -0.39 is 0 Å². The summed E-state index contributed by atoms with van der Waals surface area (Å²) in [5.74, 6) is 0. The Labute approximate surface area is 117 Å². The molecule has 3 aromatic rings. The molecule has 1 heterocycles. The minimum Gasteiger partial charge on any atom is -0.222 e. The smallest absolute Gasteiger partial charge is 0.144 e. The van der Waals surface area contributed by atoms with E-state index in [2.05, 4.69) is 11.2 Å².